The van der Waals surface area contributed by atoms with Gasteiger partial charge in [-0.05, 0) is 43.2 Å². The molecule has 0 saturated carbocycles. The second-order valence-corrected chi connectivity index (χ2v) is 10.7. The molecule has 158 valence electrons. The van der Waals surface area contributed by atoms with Gasteiger partial charge in [-0.3, -0.25) is 4.79 Å². The number of hydrogen-bond acceptors (Lipinski definition) is 5. The molecule has 1 fully saturated rings. The second-order valence-electron chi connectivity index (χ2n) is 7.22. The molecule has 30 heavy (non-hydrogen) atoms. The third-order valence-electron chi connectivity index (χ3n) is 5.11. The Labute approximate surface area is 184 Å². The maximum Gasteiger partial charge on any atom is 0.251 e. The third kappa shape index (κ3) is 4.51. The molecule has 2 heterocycles. The zero-order valence-corrected chi connectivity index (χ0v) is 18.7. The van der Waals surface area contributed by atoms with Crippen molar-refractivity contribution in [2.45, 2.75) is 37.1 Å². The number of fused-ring (bicyclic) bond motifs is 1. The molecule has 1 aliphatic heterocycles. The predicted octanol–water partition coefficient (Wildman–Crippen LogP) is 4.44. The van der Waals surface area contributed by atoms with Crippen molar-refractivity contribution in [2.75, 3.05) is 13.1 Å². The van der Waals surface area contributed by atoms with E-state index in [2.05, 4.69) is 10.3 Å². The summed E-state index contributed by atoms with van der Waals surface area (Å²) in [6, 6.07) is 12.2. The van der Waals surface area contributed by atoms with Crippen LogP contribution in [0.4, 0.5) is 0 Å². The van der Waals surface area contributed by atoms with Crippen LogP contribution in [0.1, 0.15) is 41.0 Å². The number of hydrogen-bond donors (Lipinski definition) is 1. The molecule has 4 rings (SSSR count). The van der Waals surface area contributed by atoms with Crippen LogP contribution in [-0.2, 0) is 16.6 Å². The van der Waals surface area contributed by atoms with Gasteiger partial charge < -0.3 is 5.32 Å². The van der Waals surface area contributed by atoms with E-state index in [1.165, 1.54) is 33.8 Å². The highest BCUT2D eigenvalue weighted by atomic mass is 35.5. The summed E-state index contributed by atoms with van der Waals surface area (Å²) < 4.78 is 28.8. The monoisotopic (exact) mass is 463 g/mol. The average molecular weight is 464 g/mol. The Hall–Kier alpha value is -2.00. The predicted molar refractivity (Wildman–Crippen MR) is 119 cm³/mol. The van der Waals surface area contributed by atoms with Crippen LogP contribution in [-0.4, -0.2) is 36.7 Å². The van der Waals surface area contributed by atoms with E-state index in [1.54, 1.807) is 0 Å². The first-order valence-corrected chi connectivity index (χ1v) is 12.5. The number of sulfonamides is 1. The van der Waals surface area contributed by atoms with Crippen molar-refractivity contribution >= 4 is 49.1 Å². The van der Waals surface area contributed by atoms with Crippen LogP contribution in [0.15, 0.2) is 47.4 Å². The molecule has 0 radical (unpaired) electrons. The van der Waals surface area contributed by atoms with E-state index in [0.717, 1.165) is 40.9 Å². The molecule has 1 saturated heterocycles. The van der Waals surface area contributed by atoms with Gasteiger partial charge in [0.25, 0.3) is 5.91 Å². The Bertz CT molecular complexity index is 1140. The van der Waals surface area contributed by atoms with Gasteiger partial charge in [-0.2, -0.15) is 4.31 Å². The van der Waals surface area contributed by atoms with Crippen molar-refractivity contribution in [2.24, 2.45) is 0 Å². The third-order valence-corrected chi connectivity index (χ3v) is 8.53. The maximum atomic E-state index is 13.1. The number of nitrogens with zero attached hydrogens (tertiary/aromatic N) is 2. The molecule has 0 unspecified atom stereocenters. The standard InChI is InChI=1S/C21H22ClN3O3S2/c22-16-10-9-15(13-19(16)30(27,28)25-11-5-1-2-6-12-25)21(26)23-14-20-24-17-7-3-4-8-18(17)29-20/h3-4,7-10,13H,1-2,5-6,11-12,14H2,(H,23,26). The zero-order chi connectivity index (χ0) is 21.1. The molecule has 9 heteroatoms. The van der Waals surface area contributed by atoms with Gasteiger partial charge in [0.1, 0.15) is 9.90 Å². The van der Waals surface area contributed by atoms with Crippen molar-refractivity contribution in [3.05, 3.63) is 58.1 Å². The fourth-order valence-corrected chi connectivity index (χ4v) is 6.44. The summed E-state index contributed by atoms with van der Waals surface area (Å²) in [5, 5.41) is 3.74. The van der Waals surface area contributed by atoms with Gasteiger partial charge in [-0.25, -0.2) is 13.4 Å². The summed E-state index contributed by atoms with van der Waals surface area (Å²) in [5.74, 6) is -0.363. The zero-order valence-electron chi connectivity index (χ0n) is 16.3. The first kappa shape index (κ1) is 21.2. The minimum Gasteiger partial charge on any atom is -0.346 e. The van der Waals surface area contributed by atoms with Crippen LogP contribution in [0.5, 0.6) is 0 Å². The van der Waals surface area contributed by atoms with Crippen LogP contribution in [0.25, 0.3) is 10.2 Å². The van der Waals surface area contributed by atoms with Gasteiger partial charge in [0.15, 0.2) is 0 Å². The Balaban J connectivity index is 1.52. The molecular formula is C21H22ClN3O3S2. The van der Waals surface area contributed by atoms with Gasteiger partial charge in [0.2, 0.25) is 10.0 Å². The highest BCUT2D eigenvalue weighted by Gasteiger charge is 2.28. The number of rotatable bonds is 5. The fraction of sp³-hybridized carbons (Fsp3) is 0.333. The Kier molecular flexibility index (Phi) is 6.38. The first-order valence-electron chi connectivity index (χ1n) is 9.87. The number of para-hydroxylation sites is 1. The van der Waals surface area contributed by atoms with Crippen LogP contribution in [0.2, 0.25) is 5.02 Å². The summed E-state index contributed by atoms with van der Waals surface area (Å²) in [7, 11) is -3.75. The van der Waals surface area contributed by atoms with Crippen molar-refractivity contribution in [1.29, 1.82) is 0 Å². The normalized spacial score (nSPS) is 15.8. The summed E-state index contributed by atoms with van der Waals surface area (Å²) in [4.78, 5) is 17.2. The number of halogens is 1. The Morgan fingerprint density at radius 1 is 1.10 bits per heavy atom. The minimum atomic E-state index is -3.75. The number of nitrogens with one attached hydrogen (secondary N) is 1. The van der Waals surface area contributed by atoms with E-state index in [1.807, 2.05) is 24.3 Å². The van der Waals surface area contributed by atoms with E-state index in [4.69, 9.17) is 11.6 Å². The molecule has 0 spiro atoms. The lowest BCUT2D eigenvalue weighted by molar-refractivity contribution is 0.0950. The van der Waals surface area contributed by atoms with Crippen molar-refractivity contribution in [3.63, 3.8) is 0 Å². The van der Waals surface area contributed by atoms with Crippen LogP contribution < -0.4 is 5.32 Å². The van der Waals surface area contributed by atoms with Crippen molar-refractivity contribution in [1.82, 2.24) is 14.6 Å². The number of thiazole rings is 1. The maximum absolute atomic E-state index is 13.1. The lowest BCUT2D eigenvalue weighted by Crippen LogP contribution is -2.32. The van der Waals surface area contributed by atoms with Crippen LogP contribution in [0, 0.1) is 0 Å². The van der Waals surface area contributed by atoms with Gasteiger partial charge in [0, 0.05) is 18.7 Å². The second kappa shape index (κ2) is 9.01. The van der Waals surface area contributed by atoms with Gasteiger partial charge >= 0.3 is 0 Å². The highest BCUT2D eigenvalue weighted by Crippen LogP contribution is 2.28. The lowest BCUT2D eigenvalue weighted by Gasteiger charge is -2.21. The number of carbonyl (C=O) groups is 1. The summed E-state index contributed by atoms with van der Waals surface area (Å²) in [6.45, 7) is 1.23. The number of amides is 1. The molecule has 0 bridgehead atoms. The molecule has 3 aromatic rings. The molecule has 2 aromatic carbocycles. The van der Waals surface area contributed by atoms with Gasteiger partial charge in [-0.1, -0.05) is 36.6 Å². The molecule has 6 nitrogen and oxygen atoms in total. The minimum absolute atomic E-state index is 0.0151. The SMILES string of the molecule is O=C(NCc1nc2ccccc2s1)c1ccc(Cl)c(S(=O)(=O)N2CCCCCC2)c1. The molecule has 1 aromatic heterocycles. The van der Waals surface area contributed by atoms with E-state index in [0.29, 0.717) is 13.1 Å². The molecular weight excluding hydrogens is 442 g/mol. The summed E-state index contributed by atoms with van der Waals surface area (Å²) in [6.07, 6.45) is 3.71. The van der Waals surface area contributed by atoms with E-state index >= 15 is 0 Å². The highest BCUT2D eigenvalue weighted by molar-refractivity contribution is 7.89. The largest absolute Gasteiger partial charge is 0.346 e. The quantitative estimate of drug-likeness (QED) is 0.606. The molecule has 1 aliphatic rings. The van der Waals surface area contributed by atoms with Crippen LogP contribution in [0.3, 0.4) is 0 Å². The summed E-state index contributed by atoms with van der Waals surface area (Å²) >= 11 is 7.73. The van der Waals surface area contributed by atoms with E-state index in [-0.39, 0.29) is 27.9 Å². The average Bonchev–Trinajstić information content (AvgIpc) is 2.95. The number of benzene rings is 2. The molecule has 0 atom stereocenters. The molecule has 0 aliphatic carbocycles. The summed E-state index contributed by atoms with van der Waals surface area (Å²) in [5.41, 5.74) is 1.15. The number of aromatic nitrogens is 1. The Morgan fingerprint density at radius 2 is 1.83 bits per heavy atom. The van der Waals surface area contributed by atoms with E-state index < -0.39 is 10.0 Å². The fourth-order valence-electron chi connectivity index (χ4n) is 3.52. The smallest absolute Gasteiger partial charge is 0.251 e. The number of carbonyl (C=O) groups excluding carboxylic acids is 1. The lowest BCUT2D eigenvalue weighted by atomic mass is 10.2. The van der Waals surface area contributed by atoms with Crippen molar-refractivity contribution in [3.8, 4) is 0 Å². The van der Waals surface area contributed by atoms with Crippen LogP contribution >= 0.6 is 22.9 Å². The molecule has 1 amide bonds. The van der Waals surface area contributed by atoms with Gasteiger partial charge in [-0.15, -0.1) is 11.3 Å². The van der Waals surface area contributed by atoms with Gasteiger partial charge in [0.05, 0.1) is 21.8 Å². The molecule has 1 N–H and O–H groups in total. The first-order chi connectivity index (χ1) is 14.4. The van der Waals surface area contributed by atoms with Crippen molar-refractivity contribution < 1.29 is 13.2 Å². The topological polar surface area (TPSA) is 79.4 Å². The Morgan fingerprint density at radius 3 is 2.57 bits per heavy atom. The van der Waals surface area contributed by atoms with E-state index in [9.17, 15) is 13.2 Å².